The Hall–Kier alpha value is -0.520. The number of rotatable bonds is 3. The van der Waals surface area contributed by atoms with Crippen LogP contribution in [0.5, 0.6) is 0 Å². The zero-order valence-corrected chi connectivity index (χ0v) is 8.86. The van der Waals surface area contributed by atoms with Crippen molar-refractivity contribution in [3.8, 4) is 0 Å². The van der Waals surface area contributed by atoms with Gasteiger partial charge < -0.3 is 9.79 Å². The van der Waals surface area contributed by atoms with E-state index in [4.69, 9.17) is 20.1 Å². The molecule has 1 atom stereocenters. The van der Waals surface area contributed by atoms with Gasteiger partial charge in [-0.15, -0.1) is 0 Å². The average molecular weight is 242 g/mol. The number of hydrogen-bond acceptors (Lipinski definition) is 3. The Morgan fingerprint density at radius 3 is 2.43 bits per heavy atom. The second-order valence-electron chi connectivity index (χ2n) is 2.72. The summed E-state index contributed by atoms with van der Waals surface area (Å²) in [5.41, 5.74) is 0. The first-order chi connectivity index (χ1) is 6.32. The molecule has 0 aromatic carbocycles. The molecule has 0 amide bonds. The maximum atomic E-state index is 10.8. The van der Waals surface area contributed by atoms with Crippen LogP contribution in [0.3, 0.4) is 0 Å². The molecule has 14 heavy (non-hydrogen) atoms. The van der Waals surface area contributed by atoms with Crippen molar-refractivity contribution >= 4 is 21.7 Å². The van der Waals surface area contributed by atoms with Gasteiger partial charge in [-0.2, -0.15) is 4.89 Å². The van der Waals surface area contributed by atoms with Gasteiger partial charge in [-0.25, -0.2) is 9.24 Å². The lowest BCUT2D eigenvalue weighted by atomic mass is 10.7. The third-order valence-corrected chi connectivity index (χ3v) is 3.33. The first kappa shape index (κ1) is 11.6. The molecule has 80 valence electrons. The van der Waals surface area contributed by atoms with Crippen molar-refractivity contribution in [1.82, 2.24) is 9.57 Å². The highest BCUT2D eigenvalue weighted by atomic mass is 31.2. The van der Waals surface area contributed by atoms with Crippen LogP contribution >= 0.6 is 15.8 Å². The highest BCUT2D eigenvalue weighted by Gasteiger charge is 2.38. The molecule has 0 aliphatic carbocycles. The van der Waals surface area contributed by atoms with Crippen molar-refractivity contribution < 1.29 is 23.8 Å². The number of hydrogen-bond donors (Lipinski definition) is 4. The Kier molecular flexibility index (Phi) is 3.24. The lowest BCUT2D eigenvalue weighted by Gasteiger charge is -2.18. The van der Waals surface area contributed by atoms with Crippen LogP contribution in [0, 0.1) is 5.41 Å². The molecule has 1 aliphatic rings. The van der Waals surface area contributed by atoms with Gasteiger partial charge in [-0.1, -0.05) is 0 Å². The van der Waals surface area contributed by atoms with Crippen molar-refractivity contribution in [3.63, 3.8) is 0 Å². The van der Waals surface area contributed by atoms with Crippen LogP contribution in [0.2, 0.25) is 0 Å². The van der Waals surface area contributed by atoms with E-state index < -0.39 is 21.7 Å². The van der Waals surface area contributed by atoms with E-state index in [0.29, 0.717) is 4.67 Å². The predicted molar refractivity (Wildman–Crippen MR) is 47.9 cm³/mol. The number of nitrogens with zero attached hydrogens (tertiary/aromatic N) is 2. The minimum atomic E-state index is -4.46. The molecule has 0 spiro atoms. The third kappa shape index (κ3) is 2.50. The van der Waals surface area contributed by atoms with Crippen LogP contribution in [0.25, 0.3) is 0 Å². The predicted octanol–water partition coefficient (Wildman–Crippen LogP) is -0.676. The fraction of sp³-hybridized carbons (Fsp3) is 0.750. The summed E-state index contributed by atoms with van der Waals surface area (Å²) in [5, 5.41) is 7.33. The molecular weight excluding hydrogens is 232 g/mol. The summed E-state index contributed by atoms with van der Waals surface area (Å²) < 4.78 is 21.9. The molecule has 1 aliphatic heterocycles. The van der Waals surface area contributed by atoms with E-state index in [1.165, 1.54) is 0 Å². The standard InChI is InChI=1S/C4H9N3O5P2/c5-4-6(3-13(8)9)1-2-7(4)14(10,11)12/h5H,1-3H2,(H2-,8,9,10,11,12)/p+1. The van der Waals surface area contributed by atoms with Crippen molar-refractivity contribution in [1.29, 1.82) is 5.41 Å². The summed E-state index contributed by atoms with van der Waals surface area (Å²) in [7, 11) is -6.90. The average Bonchev–Trinajstić information content (AvgIpc) is 2.30. The van der Waals surface area contributed by atoms with E-state index in [0.717, 1.165) is 4.90 Å². The fourth-order valence-corrected chi connectivity index (χ4v) is 2.42. The van der Waals surface area contributed by atoms with Crippen molar-refractivity contribution in [3.05, 3.63) is 0 Å². The molecule has 0 radical (unpaired) electrons. The molecule has 10 heteroatoms. The Labute approximate surface area is 80.7 Å². The molecule has 1 heterocycles. The maximum Gasteiger partial charge on any atom is 0.527 e. The molecule has 0 bridgehead atoms. The molecule has 0 saturated carbocycles. The molecule has 1 saturated heterocycles. The smallest absolute Gasteiger partial charge is 0.308 e. The molecule has 1 rings (SSSR count). The van der Waals surface area contributed by atoms with Crippen LogP contribution in [0.4, 0.5) is 0 Å². The summed E-state index contributed by atoms with van der Waals surface area (Å²) in [5.74, 6) is -0.407. The van der Waals surface area contributed by atoms with E-state index in [1.54, 1.807) is 0 Å². The van der Waals surface area contributed by atoms with Gasteiger partial charge in [0, 0.05) is 13.1 Å². The summed E-state index contributed by atoms with van der Waals surface area (Å²) in [6, 6.07) is 0. The van der Waals surface area contributed by atoms with Gasteiger partial charge in [0.15, 0.2) is 0 Å². The van der Waals surface area contributed by atoms with E-state index in [9.17, 15) is 9.13 Å². The van der Waals surface area contributed by atoms with Gasteiger partial charge in [0.25, 0.3) is 6.29 Å². The molecule has 1 unspecified atom stereocenters. The monoisotopic (exact) mass is 242 g/mol. The molecular formula is C4H10N3O5P2+. The summed E-state index contributed by atoms with van der Waals surface area (Å²) >= 11 is 0. The van der Waals surface area contributed by atoms with Crippen molar-refractivity contribution in [2.45, 2.75) is 0 Å². The van der Waals surface area contributed by atoms with Gasteiger partial charge >= 0.3 is 15.8 Å². The van der Waals surface area contributed by atoms with Gasteiger partial charge in [-0.3, -0.25) is 10.3 Å². The Bertz CT molecular complexity index is 314. The minimum Gasteiger partial charge on any atom is -0.308 e. The molecule has 0 aromatic heterocycles. The zero-order chi connectivity index (χ0) is 10.9. The largest absolute Gasteiger partial charge is 0.527 e. The van der Waals surface area contributed by atoms with Gasteiger partial charge in [0.1, 0.15) is 0 Å². The second-order valence-corrected chi connectivity index (χ2v) is 5.21. The van der Waals surface area contributed by atoms with E-state index >= 15 is 0 Å². The normalized spacial score (nSPS) is 19.1. The SMILES string of the molecule is N=C1N(C[P+](=O)O)CCN1P(=O)(O)O. The number of nitrogens with one attached hydrogen (secondary N) is 1. The first-order valence-corrected chi connectivity index (χ1v) is 6.59. The van der Waals surface area contributed by atoms with E-state index in [1.807, 2.05) is 0 Å². The van der Waals surface area contributed by atoms with Crippen LogP contribution in [0.1, 0.15) is 0 Å². The van der Waals surface area contributed by atoms with E-state index in [2.05, 4.69) is 0 Å². The first-order valence-electron chi connectivity index (χ1n) is 3.63. The maximum absolute atomic E-state index is 10.8. The minimum absolute atomic E-state index is 0.00765. The van der Waals surface area contributed by atoms with Crippen molar-refractivity contribution in [2.24, 2.45) is 0 Å². The quantitative estimate of drug-likeness (QED) is 0.483. The summed E-state index contributed by atoms with van der Waals surface area (Å²) in [6.45, 7) is 0.165. The van der Waals surface area contributed by atoms with Crippen LogP contribution in [-0.4, -0.2) is 49.6 Å². The van der Waals surface area contributed by atoms with E-state index in [-0.39, 0.29) is 19.4 Å². The Morgan fingerprint density at radius 1 is 1.50 bits per heavy atom. The highest BCUT2D eigenvalue weighted by Crippen LogP contribution is 2.42. The van der Waals surface area contributed by atoms with Gasteiger partial charge in [0.2, 0.25) is 5.96 Å². The van der Waals surface area contributed by atoms with Crippen LogP contribution < -0.4 is 0 Å². The Balaban J connectivity index is 2.70. The van der Waals surface area contributed by atoms with Gasteiger partial charge in [0.05, 0.1) is 0 Å². The van der Waals surface area contributed by atoms with Crippen LogP contribution in [0.15, 0.2) is 0 Å². The molecule has 1 fully saturated rings. The van der Waals surface area contributed by atoms with Gasteiger partial charge in [-0.05, 0) is 4.57 Å². The summed E-state index contributed by atoms with van der Waals surface area (Å²) in [6.07, 6.45) is -0.273. The number of guanidine groups is 1. The highest BCUT2D eigenvalue weighted by molar-refractivity contribution is 7.50. The molecule has 8 nitrogen and oxygen atoms in total. The molecule has 0 aromatic rings. The van der Waals surface area contributed by atoms with Crippen LogP contribution in [-0.2, 0) is 9.13 Å². The Morgan fingerprint density at radius 2 is 2.07 bits per heavy atom. The molecule has 4 N–H and O–H groups in total. The third-order valence-electron chi connectivity index (χ3n) is 1.73. The topological polar surface area (TPSA) is 125 Å². The second kappa shape index (κ2) is 3.92. The lowest BCUT2D eigenvalue weighted by molar-refractivity contribution is 0.322. The summed E-state index contributed by atoms with van der Waals surface area (Å²) in [4.78, 5) is 27.3. The fourth-order valence-electron chi connectivity index (χ4n) is 1.13. The van der Waals surface area contributed by atoms with Crippen molar-refractivity contribution in [2.75, 3.05) is 19.4 Å². The zero-order valence-electron chi connectivity index (χ0n) is 7.07. The lowest BCUT2D eigenvalue weighted by Crippen LogP contribution is -2.30.